The first-order chi connectivity index (χ1) is 9.24. The predicted octanol–water partition coefficient (Wildman–Crippen LogP) is 2.88. The normalized spacial score (nSPS) is 14.1. The topological polar surface area (TPSA) is 33.2 Å². The third-order valence-corrected chi connectivity index (χ3v) is 4.06. The Labute approximate surface area is 125 Å². The summed E-state index contributed by atoms with van der Waals surface area (Å²) in [6, 6.07) is 11.7. The molecule has 1 aliphatic heterocycles. The van der Waals surface area contributed by atoms with Gasteiger partial charge in [0.15, 0.2) is 0 Å². The zero-order valence-corrected chi connectivity index (χ0v) is 12.5. The third-order valence-electron chi connectivity index (χ3n) is 3.34. The van der Waals surface area contributed by atoms with Gasteiger partial charge in [0, 0.05) is 40.5 Å². The number of hydrogen-bond donors (Lipinski definition) is 0. The highest BCUT2D eigenvalue weighted by Crippen LogP contribution is 2.19. The van der Waals surface area contributed by atoms with Gasteiger partial charge in [-0.1, -0.05) is 6.07 Å². The predicted molar refractivity (Wildman–Crippen MR) is 81.8 cm³/mol. The van der Waals surface area contributed by atoms with E-state index in [4.69, 9.17) is 0 Å². The van der Waals surface area contributed by atoms with Gasteiger partial charge in [0.2, 0.25) is 0 Å². The van der Waals surface area contributed by atoms with E-state index in [1.165, 1.54) is 0 Å². The molecule has 3 rings (SSSR count). The zero-order chi connectivity index (χ0) is 13.2. The quantitative estimate of drug-likeness (QED) is 0.730. The molecular formula is C15H13IN2O. The Morgan fingerprint density at radius 2 is 2.00 bits per heavy atom. The van der Waals surface area contributed by atoms with Crippen molar-refractivity contribution in [2.75, 3.05) is 6.54 Å². The van der Waals surface area contributed by atoms with Crippen LogP contribution in [0, 0.1) is 3.57 Å². The molecule has 0 N–H and O–H groups in total. The molecular weight excluding hydrogens is 351 g/mol. The van der Waals surface area contributed by atoms with Gasteiger partial charge in [-0.3, -0.25) is 9.78 Å². The Morgan fingerprint density at radius 3 is 2.79 bits per heavy atom. The first-order valence-corrected chi connectivity index (χ1v) is 7.29. The molecule has 2 aromatic rings. The first kappa shape index (κ1) is 12.6. The lowest BCUT2D eigenvalue weighted by Crippen LogP contribution is -2.36. The fourth-order valence-corrected chi connectivity index (χ4v) is 2.67. The molecule has 0 radical (unpaired) electrons. The first-order valence-electron chi connectivity index (χ1n) is 6.21. The van der Waals surface area contributed by atoms with Crippen molar-refractivity contribution in [2.24, 2.45) is 0 Å². The second-order valence-electron chi connectivity index (χ2n) is 4.59. The van der Waals surface area contributed by atoms with E-state index in [9.17, 15) is 4.79 Å². The van der Waals surface area contributed by atoms with Crippen molar-refractivity contribution in [1.29, 1.82) is 0 Å². The summed E-state index contributed by atoms with van der Waals surface area (Å²) in [6.45, 7) is 1.41. The minimum absolute atomic E-state index is 0.103. The number of fused-ring (bicyclic) bond motifs is 1. The van der Waals surface area contributed by atoms with E-state index in [2.05, 4.69) is 33.6 Å². The summed E-state index contributed by atoms with van der Waals surface area (Å²) >= 11 is 2.24. The number of carbonyl (C=O) groups is 1. The SMILES string of the molecule is O=C(c1ccc(I)cc1)N1CCc2ncccc2C1. The van der Waals surface area contributed by atoms with Crippen LogP contribution < -0.4 is 0 Å². The number of benzene rings is 1. The molecule has 0 bridgehead atoms. The number of pyridine rings is 1. The Kier molecular flexibility index (Phi) is 3.50. The van der Waals surface area contributed by atoms with Crippen LogP contribution in [0.3, 0.4) is 0 Å². The van der Waals surface area contributed by atoms with Crippen molar-refractivity contribution in [2.45, 2.75) is 13.0 Å². The number of carbonyl (C=O) groups excluding carboxylic acids is 1. The Morgan fingerprint density at radius 1 is 1.21 bits per heavy atom. The summed E-state index contributed by atoms with van der Waals surface area (Å²) in [5, 5.41) is 0. The third kappa shape index (κ3) is 2.63. The maximum atomic E-state index is 12.4. The van der Waals surface area contributed by atoms with Crippen LogP contribution in [-0.4, -0.2) is 22.3 Å². The molecule has 96 valence electrons. The summed E-state index contributed by atoms with van der Waals surface area (Å²) in [5.41, 5.74) is 3.04. The van der Waals surface area contributed by atoms with E-state index in [0.29, 0.717) is 6.54 Å². The van der Waals surface area contributed by atoms with Crippen LogP contribution in [-0.2, 0) is 13.0 Å². The summed E-state index contributed by atoms with van der Waals surface area (Å²) < 4.78 is 1.14. The van der Waals surface area contributed by atoms with Gasteiger partial charge in [0.25, 0.3) is 5.91 Å². The van der Waals surface area contributed by atoms with Gasteiger partial charge in [-0.15, -0.1) is 0 Å². The molecule has 0 unspecified atom stereocenters. The van der Waals surface area contributed by atoms with Crippen molar-refractivity contribution >= 4 is 28.5 Å². The van der Waals surface area contributed by atoms with Crippen LogP contribution in [0.15, 0.2) is 42.6 Å². The Hall–Kier alpha value is -1.43. The molecule has 0 aliphatic carbocycles. The highest BCUT2D eigenvalue weighted by molar-refractivity contribution is 14.1. The van der Waals surface area contributed by atoms with Crippen molar-refractivity contribution in [3.63, 3.8) is 0 Å². The van der Waals surface area contributed by atoms with Gasteiger partial charge in [-0.2, -0.15) is 0 Å². The van der Waals surface area contributed by atoms with Gasteiger partial charge in [-0.05, 0) is 58.5 Å². The van der Waals surface area contributed by atoms with Crippen molar-refractivity contribution in [3.8, 4) is 0 Å². The molecule has 19 heavy (non-hydrogen) atoms. The van der Waals surface area contributed by atoms with Crippen molar-refractivity contribution < 1.29 is 4.79 Å². The highest BCUT2D eigenvalue weighted by Gasteiger charge is 2.21. The minimum atomic E-state index is 0.103. The van der Waals surface area contributed by atoms with Crippen LogP contribution in [0.4, 0.5) is 0 Å². The molecule has 0 spiro atoms. The van der Waals surface area contributed by atoms with Crippen LogP contribution in [0.1, 0.15) is 21.6 Å². The number of nitrogens with zero attached hydrogens (tertiary/aromatic N) is 2. The van der Waals surface area contributed by atoms with E-state index in [-0.39, 0.29) is 5.91 Å². The molecule has 0 atom stereocenters. The molecule has 3 nitrogen and oxygen atoms in total. The van der Waals surface area contributed by atoms with E-state index in [1.807, 2.05) is 41.4 Å². The smallest absolute Gasteiger partial charge is 0.254 e. The molecule has 0 fully saturated rings. The van der Waals surface area contributed by atoms with E-state index < -0.39 is 0 Å². The fourth-order valence-electron chi connectivity index (χ4n) is 2.31. The van der Waals surface area contributed by atoms with Crippen LogP contribution in [0.5, 0.6) is 0 Å². The number of hydrogen-bond acceptors (Lipinski definition) is 2. The van der Waals surface area contributed by atoms with Crippen molar-refractivity contribution in [3.05, 3.63) is 63.0 Å². The Balaban J connectivity index is 1.81. The molecule has 2 heterocycles. The van der Waals surface area contributed by atoms with Crippen molar-refractivity contribution in [1.82, 2.24) is 9.88 Å². The number of aromatic nitrogens is 1. The number of rotatable bonds is 1. The Bertz CT molecular complexity index is 610. The molecule has 4 heteroatoms. The largest absolute Gasteiger partial charge is 0.334 e. The lowest BCUT2D eigenvalue weighted by molar-refractivity contribution is 0.0733. The maximum absolute atomic E-state index is 12.4. The molecule has 1 aromatic heterocycles. The molecule has 0 saturated carbocycles. The van der Waals surface area contributed by atoms with E-state index in [0.717, 1.165) is 33.4 Å². The van der Waals surface area contributed by atoms with E-state index >= 15 is 0 Å². The average molecular weight is 364 g/mol. The zero-order valence-electron chi connectivity index (χ0n) is 10.3. The van der Waals surface area contributed by atoms with Gasteiger partial charge in [0.05, 0.1) is 0 Å². The molecule has 0 saturated heterocycles. The van der Waals surface area contributed by atoms with Gasteiger partial charge in [0.1, 0.15) is 0 Å². The van der Waals surface area contributed by atoms with Crippen LogP contribution in [0.2, 0.25) is 0 Å². The van der Waals surface area contributed by atoms with Gasteiger partial charge in [-0.25, -0.2) is 0 Å². The maximum Gasteiger partial charge on any atom is 0.254 e. The summed E-state index contributed by atoms with van der Waals surface area (Å²) in [5.74, 6) is 0.103. The molecule has 1 amide bonds. The molecule has 1 aromatic carbocycles. The summed E-state index contributed by atoms with van der Waals surface area (Å²) in [6.07, 6.45) is 2.65. The number of halogens is 1. The minimum Gasteiger partial charge on any atom is -0.334 e. The van der Waals surface area contributed by atoms with Crippen LogP contribution >= 0.6 is 22.6 Å². The monoisotopic (exact) mass is 364 g/mol. The van der Waals surface area contributed by atoms with Gasteiger partial charge < -0.3 is 4.90 Å². The van der Waals surface area contributed by atoms with Crippen LogP contribution in [0.25, 0.3) is 0 Å². The second-order valence-corrected chi connectivity index (χ2v) is 5.84. The molecule has 1 aliphatic rings. The highest BCUT2D eigenvalue weighted by atomic mass is 127. The van der Waals surface area contributed by atoms with E-state index in [1.54, 1.807) is 0 Å². The lowest BCUT2D eigenvalue weighted by atomic mass is 10.0. The van der Waals surface area contributed by atoms with Gasteiger partial charge >= 0.3 is 0 Å². The standard InChI is InChI=1S/C15H13IN2O/c16-13-5-3-11(4-6-13)15(19)18-9-7-14-12(10-18)2-1-8-17-14/h1-6,8H,7,9-10H2. The summed E-state index contributed by atoms with van der Waals surface area (Å²) in [4.78, 5) is 18.7. The second kappa shape index (κ2) is 5.28. The summed E-state index contributed by atoms with van der Waals surface area (Å²) in [7, 11) is 0. The average Bonchev–Trinajstić information content (AvgIpc) is 2.47. The lowest BCUT2D eigenvalue weighted by Gasteiger charge is -2.28. The fraction of sp³-hybridized carbons (Fsp3) is 0.200. The number of amides is 1.